The van der Waals surface area contributed by atoms with E-state index in [0.717, 1.165) is 25.7 Å². The van der Waals surface area contributed by atoms with E-state index in [-0.39, 0.29) is 10.9 Å². The third kappa shape index (κ3) is 3.49. The van der Waals surface area contributed by atoms with Crippen LogP contribution in [0.4, 0.5) is 5.69 Å². The molecule has 21 heavy (non-hydrogen) atoms. The Hall–Kier alpha value is -1.27. The number of methoxy groups -OCH3 is 1. The molecule has 0 amide bonds. The molecule has 0 bridgehead atoms. The van der Waals surface area contributed by atoms with Crippen LogP contribution < -0.4 is 10.5 Å². The Morgan fingerprint density at radius 2 is 1.81 bits per heavy atom. The van der Waals surface area contributed by atoms with Crippen LogP contribution in [0.25, 0.3) is 0 Å². The van der Waals surface area contributed by atoms with Crippen molar-refractivity contribution in [2.45, 2.75) is 49.5 Å². The molecule has 0 heterocycles. The number of anilines is 1. The molecule has 2 rings (SSSR count). The summed E-state index contributed by atoms with van der Waals surface area (Å²) in [6, 6.07) is 4.70. The highest BCUT2D eigenvalue weighted by Crippen LogP contribution is 2.29. The number of ether oxygens (including phenoxy) is 1. The van der Waals surface area contributed by atoms with Gasteiger partial charge in [0.2, 0.25) is 10.0 Å². The van der Waals surface area contributed by atoms with E-state index in [2.05, 4.69) is 0 Å². The maximum absolute atomic E-state index is 12.8. The van der Waals surface area contributed by atoms with Crippen molar-refractivity contribution in [2.75, 3.05) is 19.9 Å². The minimum absolute atomic E-state index is 0.0843. The van der Waals surface area contributed by atoms with E-state index >= 15 is 0 Å². The van der Waals surface area contributed by atoms with Gasteiger partial charge in [0.05, 0.1) is 17.7 Å². The molecular weight excluding hydrogens is 288 g/mol. The Morgan fingerprint density at radius 1 is 1.19 bits per heavy atom. The van der Waals surface area contributed by atoms with Crippen LogP contribution in [-0.4, -0.2) is 32.9 Å². The smallest absolute Gasteiger partial charge is 0.243 e. The molecule has 0 spiro atoms. The topological polar surface area (TPSA) is 72.6 Å². The highest BCUT2D eigenvalue weighted by atomic mass is 32.2. The summed E-state index contributed by atoms with van der Waals surface area (Å²) in [6.45, 7) is 0. The van der Waals surface area contributed by atoms with E-state index in [0.29, 0.717) is 11.4 Å². The van der Waals surface area contributed by atoms with Crippen LogP contribution in [0.2, 0.25) is 0 Å². The molecule has 0 unspecified atom stereocenters. The summed E-state index contributed by atoms with van der Waals surface area (Å²) >= 11 is 0. The van der Waals surface area contributed by atoms with E-state index < -0.39 is 10.0 Å². The van der Waals surface area contributed by atoms with Crippen LogP contribution in [0.1, 0.15) is 38.5 Å². The molecule has 0 aromatic heterocycles. The Balaban J connectivity index is 2.27. The van der Waals surface area contributed by atoms with Gasteiger partial charge in [0.1, 0.15) is 5.75 Å². The van der Waals surface area contributed by atoms with Gasteiger partial charge in [-0.3, -0.25) is 0 Å². The normalized spacial score (nSPS) is 17.7. The van der Waals surface area contributed by atoms with Crippen molar-refractivity contribution in [3.05, 3.63) is 18.2 Å². The van der Waals surface area contributed by atoms with Gasteiger partial charge in [0.25, 0.3) is 0 Å². The second-order valence-corrected chi connectivity index (χ2v) is 7.57. The number of nitrogens with two attached hydrogens (primary N) is 1. The number of rotatable bonds is 4. The Bertz CT molecular complexity index is 579. The zero-order valence-electron chi connectivity index (χ0n) is 12.7. The molecule has 0 saturated heterocycles. The van der Waals surface area contributed by atoms with Crippen molar-refractivity contribution in [2.24, 2.45) is 0 Å². The van der Waals surface area contributed by atoms with Crippen molar-refractivity contribution >= 4 is 15.7 Å². The largest absolute Gasteiger partial charge is 0.495 e. The molecule has 6 heteroatoms. The van der Waals surface area contributed by atoms with Gasteiger partial charge in [0.15, 0.2) is 0 Å². The van der Waals surface area contributed by atoms with E-state index in [1.165, 1.54) is 30.3 Å². The first-order valence-corrected chi connectivity index (χ1v) is 8.82. The lowest BCUT2D eigenvalue weighted by molar-refractivity contribution is 0.335. The fraction of sp³-hybridized carbons (Fsp3) is 0.600. The van der Waals surface area contributed by atoms with Crippen LogP contribution in [0, 0.1) is 0 Å². The van der Waals surface area contributed by atoms with E-state index in [9.17, 15) is 8.42 Å². The first kappa shape index (κ1) is 16.1. The Kier molecular flexibility index (Phi) is 5.11. The van der Waals surface area contributed by atoms with Gasteiger partial charge in [-0.05, 0) is 25.0 Å². The molecule has 0 radical (unpaired) electrons. The average molecular weight is 312 g/mol. The molecule has 1 aromatic carbocycles. The lowest BCUT2D eigenvalue weighted by atomic mass is 10.1. The fourth-order valence-electron chi connectivity index (χ4n) is 2.84. The average Bonchev–Trinajstić information content (AvgIpc) is 2.75. The van der Waals surface area contributed by atoms with E-state index in [4.69, 9.17) is 10.5 Å². The standard InChI is InChI=1S/C15H24N2O3S/c1-17(12-7-5-3-4-6-8-12)21(18,19)13-9-10-14(16)15(11-13)20-2/h9-12H,3-8,16H2,1-2H3. The summed E-state index contributed by atoms with van der Waals surface area (Å²) in [6.07, 6.45) is 6.44. The third-order valence-electron chi connectivity index (χ3n) is 4.22. The van der Waals surface area contributed by atoms with E-state index in [1.807, 2.05) is 0 Å². The zero-order chi connectivity index (χ0) is 15.5. The second kappa shape index (κ2) is 6.66. The minimum Gasteiger partial charge on any atom is -0.495 e. The maximum atomic E-state index is 12.8. The summed E-state index contributed by atoms with van der Waals surface area (Å²) in [7, 11) is -0.348. The van der Waals surface area contributed by atoms with Crippen LogP contribution in [0.3, 0.4) is 0 Å². The molecular formula is C15H24N2O3S. The highest BCUT2D eigenvalue weighted by Gasteiger charge is 2.28. The lowest BCUT2D eigenvalue weighted by Gasteiger charge is -2.26. The molecule has 1 aliphatic carbocycles. The predicted octanol–water partition coefficient (Wildman–Crippen LogP) is 2.62. The SMILES string of the molecule is COc1cc(S(=O)(=O)N(C)C2CCCCCC2)ccc1N. The second-order valence-electron chi connectivity index (χ2n) is 5.57. The summed E-state index contributed by atoms with van der Waals surface area (Å²) in [4.78, 5) is 0.236. The molecule has 1 fully saturated rings. The predicted molar refractivity (Wildman–Crippen MR) is 83.8 cm³/mol. The lowest BCUT2D eigenvalue weighted by Crippen LogP contribution is -2.36. The number of hydrogen-bond acceptors (Lipinski definition) is 4. The summed E-state index contributed by atoms with van der Waals surface area (Å²) in [5, 5.41) is 0. The number of hydrogen-bond donors (Lipinski definition) is 1. The Morgan fingerprint density at radius 3 is 2.38 bits per heavy atom. The first-order valence-electron chi connectivity index (χ1n) is 7.38. The van der Waals surface area contributed by atoms with Gasteiger partial charge >= 0.3 is 0 Å². The van der Waals surface area contributed by atoms with Crippen molar-refractivity contribution < 1.29 is 13.2 Å². The molecule has 0 aliphatic heterocycles. The molecule has 1 aromatic rings. The highest BCUT2D eigenvalue weighted by molar-refractivity contribution is 7.89. The van der Waals surface area contributed by atoms with Crippen molar-refractivity contribution in [3.8, 4) is 5.75 Å². The molecule has 1 aliphatic rings. The first-order chi connectivity index (χ1) is 9.96. The number of sulfonamides is 1. The van der Waals surface area contributed by atoms with Crippen LogP contribution >= 0.6 is 0 Å². The zero-order valence-corrected chi connectivity index (χ0v) is 13.5. The van der Waals surface area contributed by atoms with Gasteiger partial charge in [0, 0.05) is 19.2 Å². The summed E-state index contributed by atoms with van der Waals surface area (Å²) in [5.41, 5.74) is 6.19. The van der Waals surface area contributed by atoms with Crippen molar-refractivity contribution in [1.82, 2.24) is 4.31 Å². The van der Waals surface area contributed by atoms with Crippen LogP contribution in [0.15, 0.2) is 23.1 Å². The quantitative estimate of drug-likeness (QED) is 0.685. The number of nitrogens with zero attached hydrogens (tertiary/aromatic N) is 1. The molecule has 0 atom stereocenters. The number of benzene rings is 1. The van der Waals surface area contributed by atoms with Gasteiger partial charge in [-0.1, -0.05) is 25.7 Å². The fourth-order valence-corrected chi connectivity index (χ4v) is 4.27. The molecule has 118 valence electrons. The monoisotopic (exact) mass is 312 g/mol. The molecule has 1 saturated carbocycles. The van der Waals surface area contributed by atoms with Crippen molar-refractivity contribution in [3.63, 3.8) is 0 Å². The van der Waals surface area contributed by atoms with E-state index in [1.54, 1.807) is 19.2 Å². The molecule has 5 nitrogen and oxygen atoms in total. The maximum Gasteiger partial charge on any atom is 0.243 e. The van der Waals surface area contributed by atoms with Gasteiger partial charge < -0.3 is 10.5 Å². The van der Waals surface area contributed by atoms with Crippen LogP contribution in [0.5, 0.6) is 5.75 Å². The summed E-state index contributed by atoms with van der Waals surface area (Å²) in [5.74, 6) is 0.394. The number of nitrogen functional groups attached to an aromatic ring is 1. The summed E-state index contributed by atoms with van der Waals surface area (Å²) < 4.78 is 32.1. The molecule has 2 N–H and O–H groups in total. The van der Waals surface area contributed by atoms with Gasteiger partial charge in [-0.2, -0.15) is 4.31 Å². The van der Waals surface area contributed by atoms with Crippen LogP contribution in [-0.2, 0) is 10.0 Å². The van der Waals surface area contributed by atoms with Gasteiger partial charge in [-0.15, -0.1) is 0 Å². The van der Waals surface area contributed by atoms with Gasteiger partial charge in [-0.25, -0.2) is 8.42 Å². The van der Waals surface area contributed by atoms with Crippen molar-refractivity contribution in [1.29, 1.82) is 0 Å². The third-order valence-corrected chi connectivity index (χ3v) is 6.13. The minimum atomic E-state index is -3.51. The Labute approximate surface area is 127 Å².